The molecule has 0 radical (unpaired) electrons. The van der Waals surface area contributed by atoms with Crippen molar-refractivity contribution >= 4 is 17.2 Å². The van der Waals surface area contributed by atoms with Crippen LogP contribution in [0.2, 0.25) is 0 Å². The van der Waals surface area contributed by atoms with Gasteiger partial charge in [0.05, 0.1) is 14.2 Å². The van der Waals surface area contributed by atoms with E-state index in [4.69, 9.17) is 9.47 Å². The maximum absolute atomic E-state index is 12.2. The Morgan fingerprint density at radius 2 is 2.04 bits per heavy atom. The molecule has 0 fully saturated rings. The highest BCUT2D eigenvalue weighted by atomic mass is 32.1. The number of aromatic nitrogens is 1. The minimum atomic E-state index is -0.131. The molecule has 1 amide bonds. The summed E-state index contributed by atoms with van der Waals surface area (Å²) in [5.41, 5.74) is 1.34. The largest absolute Gasteiger partial charge is 0.493 e. The van der Waals surface area contributed by atoms with E-state index in [-0.39, 0.29) is 11.9 Å². The standard InChI is InChI=1S/C17H22N2O3S/c1-5-6-11(2)18-16(20)13-10-23-17(19-13)12-7-8-14(21-3)15(9-12)22-4/h7-11H,5-6H2,1-4H3,(H,18,20)/t11-/m1/s1. The molecule has 23 heavy (non-hydrogen) atoms. The third-order valence-corrected chi connectivity index (χ3v) is 4.36. The molecular formula is C17H22N2O3S. The molecule has 0 spiro atoms. The third kappa shape index (κ3) is 4.22. The topological polar surface area (TPSA) is 60.5 Å². The van der Waals surface area contributed by atoms with Gasteiger partial charge in [-0.3, -0.25) is 4.79 Å². The van der Waals surface area contributed by atoms with Gasteiger partial charge in [0.1, 0.15) is 10.7 Å². The minimum Gasteiger partial charge on any atom is -0.493 e. The van der Waals surface area contributed by atoms with Crippen LogP contribution in [0.15, 0.2) is 23.6 Å². The van der Waals surface area contributed by atoms with Crippen LogP contribution in [0, 0.1) is 0 Å². The van der Waals surface area contributed by atoms with E-state index in [1.807, 2.05) is 25.1 Å². The van der Waals surface area contributed by atoms with Crippen LogP contribution >= 0.6 is 11.3 Å². The van der Waals surface area contributed by atoms with Crippen molar-refractivity contribution in [2.24, 2.45) is 0 Å². The van der Waals surface area contributed by atoms with Gasteiger partial charge in [-0.1, -0.05) is 13.3 Å². The lowest BCUT2D eigenvalue weighted by atomic mass is 10.2. The molecule has 0 unspecified atom stereocenters. The summed E-state index contributed by atoms with van der Waals surface area (Å²) in [7, 11) is 3.19. The molecule has 1 atom stereocenters. The lowest BCUT2D eigenvalue weighted by Crippen LogP contribution is -2.32. The molecule has 0 aliphatic rings. The molecule has 0 bridgehead atoms. The summed E-state index contributed by atoms with van der Waals surface area (Å²) >= 11 is 1.44. The van der Waals surface area contributed by atoms with Crippen molar-refractivity contribution in [3.8, 4) is 22.1 Å². The SMILES string of the molecule is CCC[C@@H](C)NC(=O)c1csc(-c2ccc(OC)c(OC)c2)n1. The Balaban J connectivity index is 2.17. The number of ether oxygens (including phenoxy) is 2. The summed E-state index contributed by atoms with van der Waals surface area (Å²) in [5, 5.41) is 5.52. The van der Waals surface area contributed by atoms with Crippen LogP contribution in [0.4, 0.5) is 0 Å². The highest BCUT2D eigenvalue weighted by Crippen LogP contribution is 2.33. The summed E-state index contributed by atoms with van der Waals surface area (Å²) in [6.07, 6.45) is 1.99. The summed E-state index contributed by atoms with van der Waals surface area (Å²) in [6, 6.07) is 5.75. The Bertz CT molecular complexity index is 670. The number of rotatable bonds is 7. The first kappa shape index (κ1) is 17.3. The van der Waals surface area contributed by atoms with Crippen molar-refractivity contribution in [1.82, 2.24) is 10.3 Å². The monoisotopic (exact) mass is 334 g/mol. The summed E-state index contributed by atoms with van der Waals surface area (Å²) in [5.74, 6) is 1.18. The van der Waals surface area contributed by atoms with Crippen LogP contribution in [0.5, 0.6) is 11.5 Å². The van der Waals surface area contributed by atoms with Crippen molar-refractivity contribution < 1.29 is 14.3 Å². The van der Waals surface area contributed by atoms with Gasteiger partial charge in [0.25, 0.3) is 5.91 Å². The molecule has 0 saturated heterocycles. The van der Waals surface area contributed by atoms with E-state index in [2.05, 4.69) is 17.2 Å². The van der Waals surface area contributed by atoms with Crippen LogP contribution < -0.4 is 14.8 Å². The first-order valence-corrected chi connectivity index (χ1v) is 8.45. The average molecular weight is 334 g/mol. The highest BCUT2D eigenvalue weighted by molar-refractivity contribution is 7.13. The van der Waals surface area contributed by atoms with Crippen molar-refractivity contribution in [3.63, 3.8) is 0 Å². The smallest absolute Gasteiger partial charge is 0.270 e. The number of carbonyl (C=O) groups is 1. The molecule has 5 nitrogen and oxygen atoms in total. The van der Waals surface area contributed by atoms with Crippen molar-refractivity contribution in [2.75, 3.05) is 14.2 Å². The van der Waals surface area contributed by atoms with Gasteiger partial charge >= 0.3 is 0 Å². The van der Waals surface area contributed by atoms with Gasteiger partial charge < -0.3 is 14.8 Å². The first-order valence-electron chi connectivity index (χ1n) is 7.57. The molecule has 0 aliphatic heterocycles. The van der Waals surface area contributed by atoms with E-state index < -0.39 is 0 Å². The van der Waals surface area contributed by atoms with Gasteiger partial charge in [-0.15, -0.1) is 11.3 Å². The molecular weight excluding hydrogens is 312 g/mol. The number of benzene rings is 1. The van der Waals surface area contributed by atoms with Crippen LogP contribution in [0.25, 0.3) is 10.6 Å². The fourth-order valence-corrected chi connectivity index (χ4v) is 3.08. The van der Waals surface area contributed by atoms with Gasteiger partial charge in [0.2, 0.25) is 0 Å². The van der Waals surface area contributed by atoms with E-state index in [0.29, 0.717) is 17.2 Å². The van der Waals surface area contributed by atoms with Crippen LogP contribution in [0.1, 0.15) is 37.2 Å². The van der Waals surface area contributed by atoms with Gasteiger partial charge in [-0.05, 0) is 31.5 Å². The number of nitrogens with zero attached hydrogens (tertiary/aromatic N) is 1. The molecule has 2 rings (SSSR count). The number of carbonyl (C=O) groups excluding carboxylic acids is 1. The zero-order chi connectivity index (χ0) is 16.8. The lowest BCUT2D eigenvalue weighted by molar-refractivity contribution is 0.0934. The molecule has 1 N–H and O–H groups in total. The van der Waals surface area contributed by atoms with Gasteiger partial charge in [0.15, 0.2) is 11.5 Å². The van der Waals surface area contributed by atoms with Gasteiger partial charge in [-0.25, -0.2) is 4.98 Å². The first-order chi connectivity index (χ1) is 11.1. The molecule has 1 heterocycles. The second-order valence-electron chi connectivity index (χ2n) is 5.27. The Morgan fingerprint density at radius 1 is 1.30 bits per heavy atom. The molecule has 6 heteroatoms. The van der Waals surface area contributed by atoms with E-state index in [1.54, 1.807) is 19.6 Å². The molecule has 0 saturated carbocycles. The summed E-state index contributed by atoms with van der Waals surface area (Å²) in [4.78, 5) is 16.6. The Labute approximate surface area is 140 Å². The Hall–Kier alpha value is -2.08. The van der Waals surface area contributed by atoms with E-state index in [9.17, 15) is 4.79 Å². The predicted octanol–water partition coefficient (Wildman–Crippen LogP) is 3.75. The summed E-state index contributed by atoms with van der Waals surface area (Å²) < 4.78 is 10.5. The number of thiazole rings is 1. The number of hydrogen-bond donors (Lipinski definition) is 1. The number of methoxy groups -OCH3 is 2. The van der Waals surface area contributed by atoms with Gasteiger partial charge in [0, 0.05) is 17.0 Å². The molecule has 0 aliphatic carbocycles. The normalized spacial score (nSPS) is 11.8. The van der Waals surface area contributed by atoms with Gasteiger partial charge in [-0.2, -0.15) is 0 Å². The summed E-state index contributed by atoms with van der Waals surface area (Å²) in [6.45, 7) is 4.10. The maximum Gasteiger partial charge on any atom is 0.270 e. The number of nitrogens with one attached hydrogen (secondary N) is 1. The Morgan fingerprint density at radius 3 is 2.70 bits per heavy atom. The number of amides is 1. The predicted molar refractivity (Wildman–Crippen MR) is 92.5 cm³/mol. The molecule has 1 aromatic carbocycles. The van der Waals surface area contributed by atoms with E-state index >= 15 is 0 Å². The average Bonchev–Trinajstić information content (AvgIpc) is 3.04. The van der Waals surface area contributed by atoms with Crippen molar-refractivity contribution in [2.45, 2.75) is 32.7 Å². The molecule has 1 aromatic heterocycles. The van der Waals surface area contributed by atoms with Crippen molar-refractivity contribution in [1.29, 1.82) is 0 Å². The third-order valence-electron chi connectivity index (χ3n) is 3.47. The lowest BCUT2D eigenvalue weighted by Gasteiger charge is -2.11. The van der Waals surface area contributed by atoms with Crippen LogP contribution in [-0.4, -0.2) is 31.2 Å². The van der Waals surface area contributed by atoms with E-state index in [0.717, 1.165) is 23.4 Å². The zero-order valence-corrected chi connectivity index (χ0v) is 14.7. The minimum absolute atomic E-state index is 0.131. The second kappa shape index (κ2) is 7.97. The second-order valence-corrected chi connectivity index (χ2v) is 6.13. The zero-order valence-electron chi connectivity index (χ0n) is 13.9. The Kier molecular flexibility index (Phi) is 5.98. The fourth-order valence-electron chi connectivity index (χ4n) is 2.28. The fraction of sp³-hybridized carbons (Fsp3) is 0.412. The highest BCUT2D eigenvalue weighted by Gasteiger charge is 2.15. The van der Waals surface area contributed by atoms with Crippen LogP contribution in [0.3, 0.4) is 0 Å². The van der Waals surface area contributed by atoms with Crippen molar-refractivity contribution in [3.05, 3.63) is 29.3 Å². The quantitative estimate of drug-likeness (QED) is 0.838. The molecule has 124 valence electrons. The number of hydrogen-bond acceptors (Lipinski definition) is 5. The van der Waals surface area contributed by atoms with Crippen LogP contribution in [-0.2, 0) is 0 Å². The van der Waals surface area contributed by atoms with E-state index in [1.165, 1.54) is 11.3 Å². The molecule has 2 aromatic rings. The maximum atomic E-state index is 12.2.